The van der Waals surface area contributed by atoms with E-state index >= 15 is 0 Å². The number of nitrogens with two attached hydrogens (primary N) is 1. The first-order valence-electron chi connectivity index (χ1n) is 6.05. The Morgan fingerprint density at radius 2 is 1.89 bits per heavy atom. The minimum atomic E-state index is 0.545. The maximum atomic E-state index is 5.93. The lowest BCUT2D eigenvalue weighted by molar-refractivity contribution is 0.185. The molecule has 1 aromatic carbocycles. The van der Waals surface area contributed by atoms with E-state index in [2.05, 4.69) is 39.5 Å². The molecule has 0 spiro atoms. The largest absolute Gasteiger partial charge is 0.383 e. The number of aryl methyl sites for hydroxylation is 1. The molecule has 4 nitrogen and oxygen atoms in total. The fourth-order valence-electron chi connectivity index (χ4n) is 1.79. The lowest BCUT2D eigenvalue weighted by Crippen LogP contribution is -2.04. The summed E-state index contributed by atoms with van der Waals surface area (Å²) in [6.45, 7) is 2.67. The van der Waals surface area contributed by atoms with Crippen LogP contribution < -0.4 is 5.73 Å². The molecule has 0 unspecified atom stereocenters. The molecule has 0 saturated heterocycles. The SMILES string of the molecule is CCc1nc(-c2ccc(COC)cc2)nc(N)c1I. The van der Waals surface area contributed by atoms with E-state index in [0.717, 1.165) is 26.8 Å². The zero-order valence-corrected chi connectivity index (χ0v) is 13.1. The first-order valence-corrected chi connectivity index (χ1v) is 7.13. The highest BCUT2D eigenvalue weighted by Gasteiger charge is 2.10. The Balaban J connectivity index is 2.38. The van der Waals surface area contributed by atoms with Crippen LogP contribution in [0.3, 0.4) is 0 Å². The number of methoxy groups -OCH3 is 1. The Labute approximate surface area is 126 Å². The van der Waals surface area contributed by atoms with Crippen LogP contribution in [0.25, 0.3) is 11.4 Å². The third kappa shape index (κ3) is 3.22. The van der Waals surface area contributed by atoms with Gasteiger partial charge in [-0.2, -0.15) is 0 Å². The Morgan fingerprint density at radius 3 is 2.47 bits per heavy atom. The molecule has 0 amide bonds. The molecule has 0 aliphatic carbocycles. The van der Waals surface area contributed by atoms with Crippen molar-refractivity contribution in [2.24, 2.45) is 0 Å². The minimum Gasteiger partial charge on any atom is -0.383 e. The van der Waals surface area contributed by atoms with Crippen molar-refractivity contribution in [3.05, 3.63) is 39.1 Å². The Morgan fingerprint density at radius 1 is 1.21 bits per heavy atom. The van der Waals surface area contributed by atoms with E-state index in [-0.39, 0.29) is 0 Å². The van der Waals surface area contributed by atoms with Gasteiger partial charge in [-0.1, -0.05) is 31.2 Å². The summed E-state index contributed by atoms with van der Waals surface area (Å²) in [6, 6.07) is 8.02. The summed E-state index contributed by atoms with van der Waals surface area (Å²) in [6.07, 6.45) is 0.847. The van der Waals surface area contributed by atoms with Gasteiger partial charge in [-0.3, -0.25) is 0 Å². The van der Waals surface area contributed by atoms with E-state index in [4.69, 9.17) is 10.5 Å². The molecule has 2 aromatic rings. The van der Waals surface area contributed by atoms with Crippen molar-refractivity contribution in [1.29, 1.82) is 0 Å². The van der Waals surface area contributed by atoms with Crippen LogP contribution in [0, 0.1) is 3.57 Å². The van der Waals surface area contributed by atoms with Crippen molar-refractivity contribution >= 4 is 28.4 Å². The van der Waals surface area contributed by atoms with E-state index in [0.29, 0.717) is 18.2 Å². The Kier molecular flexibility index (Phi) is 4.71. The number of rotatable bonds is 4. The topological polar surface area (TPSA) is 61.0 Å². The summed E-state index contributed by atoms with van der Waals surface area (Å²) in [7, 11) is 1.68. The number of anilines is 1. The van der Waals surface area contributed by atoms with Gasteiger partial charge < -0.3 is 10.5 Å². The quantitative estimate of drug-likeness (QED) is 0.842. The molecule has 2 N–H and O–H groups in total. The molecule has 0 fully saturated rings. The highest BCUT2D eigenvalue weighted by molar-refractivity contribution is 14.1. The average Bonchev–Trinajstić information content (AvgIpc) is 2.43. The van der Waals surface area contributed by atoms with Crippen LogP contribution in [-0.4, -0.2) is 17.1 Å². The highest BCUT2D eigenvalue weighted by Crippen LogP contribution is 2.22. The third-order valence-corrected chi connectivity index (χ3v) is 3.98. The monoisotopic (exact) mass is 369 g/mol. The van der Waals surface area contributed by atoms with E-state index in [1.807, 2.05) is 24.3 Å². The number of nitrogen functional groups attached to an aromatic ring is 1. The predicted octanol–water partition coefficient (Wildman–Crippen LogP) is 3.04. The molecular weight excluding hydrogens is 353 g/mol. The fraction of sp³-hybridized carbons (Fsp3) is 0.286. The predicted molar refractivity (Wildman–Crippen MR) is 84.7 cm³/mol. The maximum Gasteiger partial charge on any atom is 0.161 e. The first kappa shape index (κ1) is 14.2. The van der Waals surface area contributed by atoms with Crippen molar-refractivity contribution < 1.29 is 4.74 Å². The molecule has 0 aliphatic heterocycles. The van der Waals surface area contributed by atoms with Crippen molar-refractivity contribution in [2.45, 2.75) is 20.0 Å². The van der Waals surface area contributed by atoms with E-state index in [1.165, 1.54) is 0 Å². The standard InChI is InChI=1S/C14H16IN3O/c1-3-11-12(15)13(16)18-14(17-11)10-6-4-9(5-7-10)8-19-2/h4-7H,3,8H2,1-2H3,(H2,16,17,18). The molecule has 0 aliphatic rings. The van der Waals surface area contributed by atoms with Crippen molar-refractivity contribution in [3.63, 3.8) is 0 Å². The zero-order chi connectivity index (χ0) is 13.8. The van der Waals surface area contributed by atoms with Crippen molar-refractivity contribution in [3.8, 4) is 11.4 Å². The van der Waals surface area contributed by atoms with Crippen LogP contribution in [0.5, 0.6) is 0 Å². The van der Waals surface area contributed by atoms with Crippen LogP contribution in [-0.2, 0) is 17.8 Å². The molecule has 0 saturated carbocycles. The Bertz CT molecular complexity index is 570. The fourth-order valence-corrected chi connectivity index (χ4v) is 2.42. The molecule has 0 atom stereocenters. The molecule has 19 heavy (non-hydrogen) atoms. The van der Waals surface area contributed by atoms with Gasteiger partial charge in [0.2, 0.25) is 0 Å². The molecule has 5 heteroatoms. The van der Waals surface area contributed by atoms with Crippen molar-refractivity contribution in [1.82, 2.24) is 9.97 Å². The number of hydrogen-bond donors (Lipinski definition) is 1. The van der Waals surface area contributed by atoms with Crippen molar-refractivity contribution in [2.75, 3.05) is 12.8 Å². The van der Waals surface area contributed by atoms with E-state index < -0.39 is 0 Å². The molecule has 100 valence electrons. The second kappa shape index (κ2) is 6.29. The van der Waals surface area contributed by atoms with Gasteiger partial charge in [0, 0.05) is 12.7 Å². The van der Waals surface area contributed by atoms with Crippen LogP contribution in [0.15, 0.2) is 24.3 Å². The van der Waals surface area contributed by atoms with Gasteiger partial charge in [0.1, 0.15) is 5.82 Å². The summed E-state index contributed by atoms with van der Waals surface area (Å²) in [5.41, 5.74) is 9.02. The summed E-state index contributed by atoms with van der Waals surface area (Å²) in [5.74, 6) is 1.22. The van der Waals surface area contributed by atoms with Gasteiger partial charge in [-0.25, -0.2) is 9.97 Å². The van der Waals surface area contributed by atoms with Gasteiger partial charge in [-0.05, 0) is 34.6 Å². The normalized spacial score (nSPS) is 10.7. The second-order valence-electron chi connectivity index (χ2n) is 4.18. The molecular formula is C14H16IN3O. The molecule has 0 bridgehead atoms. The number of hydrogen-bond acceptors (Lipinski definition) is 4. The summed E-state index contributed by atoms with van der Waals surface area (Å²) in [5, 5.41) is 0. The van der Waals surface area contributed by atoms with E-state index in [9.17, 15) is 0 Å². The summed E-state index contributed by atoms with van der Waals surface area (Å²) >= 11 is 2.19. The first-order chi connectivity index (χ1) is 9.15. The molecule has 0 radical (unpaired) electrons. The van der Waals surface area contributed by atoms with Crippen LogP contribution >= 0.6 is 22.6 Å². The molecule has 1 heterocycles. The van der Waals surface area contributed by atoms with Gasteiger partial charge >= 0.3 is 0 Å². The van der Waals surface area contributed by atoms with Gasteiger partial charge in [-0.15, -0.1) is 0 Å². The molecule has 1 aromatic heterocycles. The number of aromatic nitrogens is 2. The lowest BCUT2D eigenvalue weighted by atomic mass is 10.1. The number of ether oxygens (including phenoxy) is 1. The minimum absolute atomic E-state index is 0.545. The summed E-state index contributed by atoms with van der Waals surface area (Å²) < 4.78 is 6.04. The average molecular weight is 369 g/mol. The zero-order valence-electron chi connectivity index (χ0n) is 11.0. The summed E-state index contributed by atoms with van der Waals surface area (Å²) in [4.78, 5) is 8.92. The maximum absolute atomic E-state index is 5.93. The van der Waals surface area contributed by atoms with Gasteiger partial charge in [0.05, 0.1) is 15.9 Å². The molecule has 2 rings (SSSR count). The van der Waals surface area contributed by atoms with E-state index in [1.54, 1.807) is 7.11 Å². The number of halogens is 1. The Hall–Kier alpha value is -1.21. The van der Waals surface area contributed by atoms with Gasteiger partial charge in [0.25, 0.3) is 0 Å². The lowest BCUT2D eigenvalue weighted by Gasteiger charge is -2.08. The highest BCUT2D eigenvalue weighted by atomic mass is 127. The van der Waals surface area contributed by atoms with Crippen LogP contribution in [0.4, 0.5) is 5.82 Å². The number of nitrogens with zero attached hydrogens (tertiary/aromatic N) is 2. The third-order valence-electron chi connectivity index (χ3n) is 2.80. The smallest absolute Gasteiger partial charge is 0.161 e. The second-order valence-corrected chi connectivity index (χ2v) is 5.26. The van der Waals surface area contributed by atoms with Crippen LogP contribution in [0.2, 0.25) is 0 Å². The van der Waals surface area contributed by atoms with Gasteiger partial charge in [0.15, 0.2) is 5.82 Å². The van der Waals surface area contributed by atoms with Crippen LogP contribution in [0.1, 0.15) is 18.2 Å². The number of benzene rings is 1.